The number of ether oxygens (including phenoxy) is 1. The van der Waals surface area contributed by atoms with Crippen molar-refractivity contribution in [1.82, 2.24) is 15.3 Å². The normalized spacial score (nSPS) is 19.4. The van der Waals surface area contributed by atoms with E-state index in [-0.39, 0.29) is 42.6 Å². The number of nitrogens with one attached hydrogen (secondary N) is 2. The van der Waals surface area contributed by atoms with Crippen LogP contribution in [0, 0.1) is 0 Å². The monoisotopic (exact) mass is 613 g/mol. The van der Waals surface area contributed by atoms with Crippen molar-refractivity contribution < 1.29 is 17.9 Å². The SMILES string of the molecule is CN(C)c1nc(N[C@H]2CC[C@@H](NCc3ccc(Br)cc3OC(F)(F)F)CC2)nc2c1CCCC2.Cl.Cl. The molecule has 1 heterocycles. The Labute approximate surface area is 231 Å². The molecule has 0 radical (unpaired) electrons. The van der Waals surface area contributed by atoms with Gasteiger partial charge in [-0.05, 0) is 63.5 Å². The van der Waals surface area contributed by atoms with Crippen molar-refractivity contribution in [2.75, 3.05) is 24.3 Å². The number of halogens is 6. The lowest BCUT2D eigenvalue weighted by Gasteiger charge is -2.31. The van der Waals surface area contributed by atoms with E-state index in [1.807, 2.05) is 14.1 Å². The molecular formula is C24H33BrCl2F3N5O. The molecule has 6 nitrogen and oxygen atoms in total. The van der Waals surface area contributed by atoms with Gasteiger partial charge in [-0.2, -0.15) is 4.98 Å². The lowest BCUT2D eigenvalue weighted by Crippen LogP contribution is -2.37. The van der Waals surface area contributed by atoms with Crippen LogP contribution in [0.15, 0.2) is 22.7 Å². The Bertz CT molecular complexity index is 1000. The van der Waals surface area contributed by atoms with E-state index in [4.69, 9.17) is 9.97 Å². The Morgan fingerprint density at radius 3 is 2.36 bits per heavy atom. The van der Waals surface area contributed by atoms with Crippen LogP contribution in [0.4, 0.5) is 24.9 Å². The number of benzene rings is 1. The molecule has 1 fully saturated rings. The van der Waals surface area contributed by atoms with Gasteiger partial charge in [0.15, 0.2) is 0 Å². The van der Waals surface area contributed by atoms with E-state index in [0.29, 0.717) is 22.5 Å². The Balaban J connectivity index is 0.00000228. The Morgan fingerprint density at radius 2 is 1.69 bits per heavy atom. The van der Waals surface area contributed by atoms with Gasteiger partial charge in [0.2, 0.25) is 5.95 Å². The molecule has 1 aromatic carbocycles. The quantitative estimate of drug-likeness (QED) is 0.374. The number of aryl methyl sites for hydroxylation is 1. The first-order chi connectivity index (χ1) is 16.2. The third-order valence-corrected chi connectivity index (χ3v) is 6.97. The van der Waals surface area contributed by atoms with Gasteiger partial charge in [0.1, 0.15) is 11.6 Å². The van der Waals surface area contributed by atoms with Crippen molar-refractivity contribution in [2.45, 2.75) is 76.4 Å². The standard InChI is InChI=1S/C24H31BrF3N5O.2ClH/c1-33(2)22-19-5-3-4-6-20(19)31-23(32-22)30-18-11-9-17(10-12-18)29-14-15-7-8-16(25)13-21(15)34-24(26,27)28;;/h7-8,13,17-18,29H,3-6,9-12,14H2,1-2H3,(H,30,31,32);2*1H/t17-,18+;;. The van der Waals surface area contributed by atoms with Gasteiger partial charge in [-0.25, -0.2) is 4.98 Å². The van der Waals surface area contributed by atoms with Gasteiger partial charge >= 0.3 is 6.36 Å². The summed E-state index contributed by atoms with van der Waals surface area (Å²) in [6.07, 6.45) is 3.42. The van der Waals surface area contributed by atoms with Crippen LogP contribution in [0.2, 0.25) is 0 Å². The first kappa shape index (κ1) is 30.7. The van der Waals surface area contributed by atoms with Gasteiger partial charge in [-0.15, -0.1) is 38.0 Å². The van der Waals surface area contributed by atoms with Crippen LogP contribution in [0.5, 0.6) is 5.75 Å². The molecule has 0 bridgehead atoms. The average Bonchev–Trinajstić information content (AvgIpc) is 2.78. The van der Waals surface area contributed by atoms with Crippen LogP contribution in [0.25, 0.3) is 0 Å². The predicted molar refractivity (Wildman–Crippen MR) is 145 cm³/mol. The molecule has 0 spiro atoms. The number of anilines is 2. The van der Waals surface area contributed by atoms with Crippen molar-refractivity contribution in [2.24, 2.45) is 0 Å². The fourth-order valence-corrected chi connectivity index (χ4v) is 5.12. The van der Waals surface area contributed by atoms with E-state index in [1.165, 1.54) is 24.5 Å². The molecule has 1 aromatic heterocycles. The molecule has 36 heavy (non-hydrogen) atoms. The third kappa shape index (κ3) is 8.26. The zero-order valence-corrected chi connectivity index (χ0v) is 23.5. The molecule has 2 aliphatic carbocycles. The Morgan fingerprint density at radius 1 is 1.03 bits per heavy atom. The zero-order chi connectivity index (χ0) is 24.3. The lowest BCUT2D eigenvalue weighted by atomic mass is 9.91. The highest BCUT2D eigenvalue weighted by molar-refractivity contribution is 9.10. The molecule has 202 valence electrons. The number of alkyl halides is 3. The van der Waals surface area contributed by atoms with Gasteiger partial charge in [0.05, 0.1) is 5.69 Å². The fourth-order valence-electron chi connectivity index (χ4n) is 4.78. The predicted octanol–water partition coefficient (Wildman–Crippen LogP) is 6.44. The molecular weight excluding hydrogens is 582 g/mol. The number of hydrogen-bond donors (Lipinski definition) is 2. The molecule has 0 amide bonds. The van der Waals surface area contributed by atoms with Crippen molar-refractivity contribution in [3.63, 3.8) is 0 Å². The van der Waals surface area contributed by atoms with Gasteiger partial charge in [-0.3, -0.25) is 0 Å². The first-order valence-electron chi connectivity index (χ1n) is 11.8. The van der Waals surface area contributed by atoms with Gasteiger partial charge in [0.25, 0.3) is 0 Å². The maximum Gasteiger partial charge on any atom is 0.573 e. The Kier molecular flexibility index (Phi) is 11.4. The minimum Gasteiger partial charge on any atom is -0.405 e. The van der Waals surface area contributed by atoms with Gasteiger partial charge in [0, 0.05) is 48.3 Å². The molecule has 1 saturated carbocycles. The van der Waals surface area contributed by atoms with Crippen LogP contribution in [-0.2, 0) is 19.4 Å². The maximum atomic E-state index is 12.8. The molecule has 2 aromatic rings. The highest BCUT2D eigenvalue weighted by Gasteiger charge is 2.32. The Hall–Kier alpha value is -1.49. The van der Waals surface area contributed by atoms with Crippen LogP contribution in [0.1, 0.15) is 55.3 Å². The van der Waals surface area contributed by atoms with Gasteiger partial charge in [-0.1, -0.05) is 22.0 Å². The number of fused-ring (bicyclic) bond motifs is 1. The molecule has 2 N–H and O–H groups in total. The summed E-state index contributed by atoms with van der Waals surface area (Å²) in [7, 11) is 4.04. The summed E-state index contributed by atoms with van der Waals surface area (Å²) in [5, 5.41) is 6.94. The topological polar surface area (TPSA) is 62.3 Å². The van der Waals surface area contributed by atoms with Crippen molar-refractivity contribution >= 4 is 52.5 Å². The van der Waals surface area contributed by atoms with E-state index in [2.05, 4.69) is 36.2 Å². The smallest absolute Gasteiger partial charge is 0.405 e. The molecule has 0 atom stereocenters. The van der Waals surface area contributed by atoms with E-state index >= 15 is 0 Å². The summed E-state index contributed by atoms with van der Waals surface area (Å²) >= 11 is 3.21. The van der Waals surface area contributed by atoms with Crippen molar-refractivity contribution in [1.29, 1.82) is 0 Å². The van der Waals surface area contributed by atoms with Crippen LogP contribution >= 0.6 is 40.7 Å². The second-order valence-corrected chi connectivity index (χ2v) is 10.2. The van der Waals surface area contributed by atoms with Crippen molar-refractivity contribution in [3.8, 4) is 5.75 Å². The summed E-state index contributed by atoms with van der Waals surface area (Å²) < 4.78 is 43.0. The molecule has 0 unspecified atom stereocenters. The number of nitrogens with zero attached hydrogens (tertiary/aromatic N) is 3. The number of aromatic nitrogens is 2. The van der Waals surface area contributed by atoms with Crippen LogP contribution in [-0.4, -0.2) is 42.5 Å². The van der Waals surface area contributed by atoms with E-state index in [9.17, 15) is 13.2 Å². The second kappa shape index (κ2) is 13.3. The van der Waals surface area contributed by atoms with Crippen LogP contribution in [0.3, 0.4) is 0 Å². The summed E-state index contributed by atoms with van der Waals surface area (Å²) in [4.78, 5) is 11.7. The molecule has 0 saturated heterocycles. The lowest BCUT2D eigenvalue weighted by molar-refractivity contribution is -0.274. The first-order valence-corrected chi connectivity index (χ1v) is 12.6. The minimum absolute atomic E-state index is 0. The molecule has 4 rings (SSSR count). The van der Waals surface area contributed by atoms with Crippen LogP contribution < -0.4 is 20.3 Å². The van der Waals surface area contributed by atoms with E-state index in [0.717, 1.165) is 50.0 Å². The molecule has 2 aliphatic rings. The number of hydrogen-bond acceptors (Lipinski definition) is 6. The minimum atomic E-state index is -4.72. The largest absolute Gasteiger partial charge is 0.573 e. The molecule has 12 heteroatoms. The average molecular weight is 615 g/mol. The highest BCUT2D eigenvalue weighted by Crippen LogP contribution is 2.31. The summed E-state index contributed by atoms with van der Waals surface area (Å²) in [5.41, 5.74) is 2.92. The van der Waals surface area contributed by atoms with Crippen molar-refractivity contribution in [3.05, 3.63) is 39.5 Å². The summed E-state index contributed by atoms with van der Waals surface area (Å²) in [6, 6.07) is 5.25. The number of rotatable bonds is 7. The second-order valence-electron chi connectivity index (χ2n) is 9.27. The molecule has 0 aliphatic heterocycles. The zero-order valence-electron chi connectivity index (χ0n) is 20.3. The third-order valence-electron chi connectivity index (χ3n) is 6.48. The fraction of sp³-hybridized carbons (Fsp3) is 0.583. The van der Waals surface area contributed by atoms with Gasteiger partial charge < -0.3 is 20.3 Å². The summed E-state index contributed by atoms with van der Waals surface area (Å²) in [5.74, 6) is 1.53. The van der Waals surface area contributed by atoms with E-state index < -0.39 is 6.36 Å². The maximum absolute atomic E-state index is 12.8. The highest BCUT2D eigenvalue weighted by atomic mass is 79.9. The summed E-state index contributed by atoms with van der Waals surface area (Å²) in [6.45, 7) is 0.321. The van der Waals surface area contributed by atoms with E-state index in [1.54, 1.807) is 12.1 Å².